The summed E-state index contributed by atoms with van der Waals surface area (Å²) in [4.78, 5) is 0. The van der Waals surface area contributed by atoms with Gasteiger partial charge in [-0.1, -0.05) is 24.3 Å². The second-order valence-corrected chi connectivity index (χ2v) is 4.78. The molecule has 4 nitrogen and oxygen atoms in total. The van der Waals surface area contributed by atoms with Crippen molar-refractivity contribution in [2.24, 2.45) is 0 Å². The molecule has 0 fully saturated rings. The standard InChI is InChI=1S/C17H21NO3/c1-18-11-13-5-3-8-16(9-13)21-12-17(19)14-6-4-7-15(10-14)20-2/h3-10,17-19H,11-12H2,1-2H3. The van der Waals surface area contributed by atoms with Crippen molar-refractivity contribution < 1.29 is 14.6 Å². The minimum Gasteiger partial charge on any atom is -0.497 e. The van der Waals surface area contributed by atoms with Gasteiger partial charge in [0.25, 0.3) is 0 Å². The molecule has 0 amide bonds. The summed E-state index contributed by atoms with van der Waals surface area (Å²) in [5, 5.41) is 13.3. The van der Waals surface area contributed by atoms with E-state index in [9.17, 15) is 5.11 Å². The van der Waals surface area contributed by atoms with Crippen LogP contribution in [-0.4, -0.2) is 25.9 Å². The van der Waals surface area contributed by atoms with Crippen LogP contribution in [0.15, 0.2) is 48.5 Å². The van der Waals surface area contributed by atoms with Gasteiger partial charge in [0.1, 0.15) is 24.2 Å². The molecular formula is C17H21NO3. The summed E-state index contributed by atoms with van der Waals surface area (Å²) in [6.45, 7) is 0.992. The zero-order chi connectivity index (χ0) is 15.1. The van der Waals surface area contributed by atoms with Crippen molar-refractivity contribution in [2.45, 2.75) is 12.6 Å². The number of benzene rings is 2. The summed E-state index contributed by atoms with van der Waals surface area (Å²) in [6.07, 6.45) is -0.687. The van der Waals surface area contributed by atoms with E-state index in [4.69, 9.17) is 9.47 Å². The van der Waals surface area contributed by atoms with E-state index in [-0.39, 0.29) is 6.61 Å². The third-order valence-electron chi connectivity index (χ3n) is 3.17. The number of hydrogen-bond acceptors (Lipinski definition) is 4. The van der Waals surface area contributed by atoms with E-state index in [1.54, 1.807) is 7.11 Å². The third kappa shape index (κ3) is 4.48. The molecule has 0 saturated heterocycles. The van der Waals surface area contributed by atoms with Gasteiger partial charge in [-0.3, -0.25) is 0 Å². The Morgan fingerprint density at radius 1 is 1.10 bits per heavy atom. The first kappa shape index (κ1) is 15.4. The minimum absolute atomic E-state index is 0.205. The maximum Gasteiger partial charge on any atom is 0.119 e. The molecule has 1 atom stereocenters. The molecule has 0 aliphatic rings. The van der Waals surface area contributed by atoms with E-state index < -0.39 is 6.10 Å². The molecule has 2 aromatic rings. The van der Waals surface area contributed by atoms with Crippen LogP contribution >= 0.6 is 0 Å². The van der Waals surface area contributed by atoms with Gasteiger partial charge in [-0.15, -0.1) is 0 Å². The van der Waals surface area contributed by atoms with Crippen molar-refractivity contribution in [2.75, 3.05) is 20.8 Å². The van der Waals surface area contributed by atoms with Crippen LogP contribution in [-0.2, 0) is 6.54 Å². The Labute approximate surface area is 125 Å². The topological polar surface area (TPSA) is 50.7 Å². The maximum atomic E-state index is 10.2. The monoisotopic (exact) mass is 287 g/mol. The molecule has 0 aliphatic heterocycles. The molecule has 0 spiro atoms. The molecule has 4 heteroatoms. The molecule has 0 saturated carbocycles. The molecule has 0 radical (unpaired) electrons. The van der Waals surface area contributed by atoms with Crippen LogP contribution in [0.25, 0.3) is 0 Å². The number of hydrogen-bond donors (Lipinski definition) is 2. The highest BCUT2D eigenvalue weighted by molar-refractivity contribution is 5.31. The summed E-state index contributed by atoms with van der Waals surface area (Å²) in [6, 6.07) is 15.2. The van der Waals surface area contributed by atoms with E-state index >= 15 is 0 Å². The van der Waals surface area contributed by atoms with Gasteiger partial charge in [0.15, 0.2) is 0 Å². The fourth-order valence-electron chi connectivity index (χ4n) is 2.07. The molecule has 0 aromatic heterocycles. The average molecular weight is 287 g/mol. The number of nitrogens with one attached hydrogen (secondary N) is 1. The van der Waals surface area contributed by atoms with Crippen LogP contribution in [0.5, 0.6) is 11.5 Å². The third-order valence-corrected chi connectivity index (χ3v) is 3.17. The van der Waals surface area contributed by atoms with Gasteiger partial charge >= 0.3 is 0 Å². The van der Waals surface area contributed by atoms with Crippen molar-refractivity contribution in [3.8, 4) is 11.5 Å². The lowest BCUT2D eigenvalue weighted by molar-refractivity contribution is 0.108. The zero-order valence-corrected chi connectivity index (χ0v) is 12.4. The largest absolute Gasteiger partial charge is 0.497 e. The summed E-state index contributed by atoms with van der Waals surface area (Å²) in [5.74, 6) is 1.48. The lowest BCUT2D eigenvalue weighted by atomic mass is 10.1. The Hall–Kier alpha value is -2.04. The molecule has 2 rings (SSSR count). The molecule has 0 bridgehead atoms. The van der Waals surface area contributed by atoms with Gasteiger partial charge in [-0.05, 0) is 42.4 Å². The van der Waals surface area contributed by atoms with Gasteiger partial charge in [0.05, 0.1) is 7.11 Å². The molecule has 2 aromatic carbocycles. The minimum atomic E-state index is -0.687. The van der Waals surface area contributed by atoms with Crippen molar-refractivity contribution in [1.29, 1.82) is 0 Å². The Morgan fingerprint density at radius 2 is 1.86 bits per heavy atom. The first-order valence-corrected chi connectivity index (χ1v) is 6.91. The average Bonchev–Trinajstić information content (AvgIpc) is 2.53. The molecule has 0 heterocycles. The fraction of sp³-hybridized carbons (Fsp3) is 0.294. The van der Waals surface area contributed by atoms with Gasteiger partial charge in [-0.25, -0.2) is 0 Å². The van der Waals surface area contributed by atoms with Gasteiger partial charge in [0, 0.05) is 6.54 Å². The second-order valence-electron chi connectivity index (χ2n) is 4.78. The first-order chi connectivity index (χ1) is 10.2. The number of methoxy groups -OCH3 is 1. The molecule has 2 N–H and O–H groups in total. The molecular weight excluding hydrogens is 266 g/mol. The normalized spacial score (nSPS) is 12.0. The summed E-state index contributed by atoms with van der Waals surface area (Å²) in [5.41, 5.74) is 1.92. The number of aliphatic hydroxyl groups excluding tert-OH is 1. The number of ether oxygens (including phenoxy) is 2. The SMILES string of the molecule is CNCc1cccc(OCC(O)c2cccc(OC)c2)c1. The Morgan fingerprint density at radius 3 is 2.62 bits per heavy atom. The van der Waals surface area contributed by atoms with E-state index in [0.29, 0.717) is 0 Å². The van der Waals surface area contributed by atoms with Crippen LogP contribution < -0.4 is 14.8 Å². The van der Waals surface area contributed by atoms with Crippen molar-refractivity contribution in [1.82, 2.24) is 5.32 Å². The van der Waals surface area contributed by atoms with Crippen LogP contribution in [0, 0.1) is 0 Å². The van der Waals surface area contributed by atoms with E-state index in [1.807, 2.05) is 55.6 Å². The Balaban J connectivity index is 1.96. The molecule has 0 aliphatic carbocycles. The lowest BCUT2D eigenvalue weighted by Gasteiger charge is -2.14. The predicted octanol–water partition coefficient (Wildman–Crippen LogP) is 2.53. The van der Waals surface area contributed by atoms with Gasteiger partial charge in [0.2, 0.25) is 0 Å². The second kappa shape index (κ2) is 7.67. The van der Waals surface area contributed by atoms with Crippen LogP contribution in [0.2, 0.25) is 0 Å². The summed E-state index contributed by atoms with van der Waals surface area (Å²) < 4.78 is 10.8. The molecule has 1 unspecified atom stereocenters. The van der Waals surface area contributed by atoms with Crippen LogP contribution in [0.4, 0.5) is 0 Å². The highest BCUT2D eigenvalue weighted by atomic mass is 16.5. The summed E-state index contributed by atoms with van der Waals surface area (Å²) in [7, 11) is 3.51. The highest BCUT2D eigenvalue weighted by Gasteiger charge is 2.09. The highest BCUT2D eigenvalue weighted by Crippen LogP contribution is 2.21. The first-order valence-electron chi connectivity index (χ1n) is 6.91. The van der Waals surface area contributed by atoms with Crippen molar-refractivity contribution in [3.05, 3.63) is 59.7 Å². The lowest BCUT2D eigenvalue weighted by Crippen LogP contribution is -2.10. The predicted molar refractivity (Wildman–Crippen MR) is 82.7 cm³/mol. The Bertz CT molecular complexity index is 571. The van der Waals surface area contributed by atoms with E-state index in [1.165, 1.54) is 0 Å². The van der Waals surface area contributed by atoms with E-state index in [2.05, 4.69) is 5.32 Å². The quantitative estimate of drug-likeness (QED) is 0.821. The molecule has 112 valence electrons. The molecule has 21 heavy (non-hydrogen) atoms. The van der Waals surface area contributed by atoms with Gasteiger partial charge in [-0.2, -0.15) is 0 Å². The van der Waals surface area contributed by atoms with Gasteiger partial charge < -0.3 is 19.9 Å². The zero-order valence-electron chi connectivity index (χ0n) is 12.4. The Kier molecular flexibility index (Phi) is 5.60. The van der Waals surface area contributed by atoms with Crippen molar-refractivity contribution >= 4 is 0 Å². The van der Waals surface area contributed by atoms with Crippen LogP contribution in [0.1, 0.15) is 17.2 Å². The fourth-order valence-corrected chi connectivity index (χ4v) is 2.07. The summed E-state index contributed by atoms with van der Waals surface area (Å²) >= 11 is 0. The number of aliphatic hydroxyl groups is 1. The smallest absolute Gasteiger partial charge is 0.119 e. The van der Waals surface area contributed by atoms with Crippen LogP contribution in [0.3, 0.4) is 0 Å². The van der Waals surface area contributed by atoms with E-state index in [0.717, 1.165) is 29.2 Å². The van der Waals surface area contributed by atoms with Crippen molar-refractivity contribution in [3.63, 3.8) is 0 Å². The maximum absolute atomic E-state index is 10.2. The number of rotatable bonds is 7.